The number of nitrogens with zero attached hydrogens (tertiary/aromatic N) is 1. The molecule has 0 aliphatic carbocycles. The van der Waals surface area contributed by atoms with E-state index in [1.165, 1.54) is 22.9 Å². The number of sulfonamides is 1. The van der Waals surface area contributed by atoms with E-state index in [4.69, 9.17) is 5.73 Å². The zero-order chi connectivity index (χ0) is 14.2. The first kappa shape index (κ1) is 14.0. The highest BCUT2D eigenvalue weighted by Crippen LogP contribution is 2.25. The highest BCUT2D eigenvalue weighted by atomic mass is 32.2. The number of halogens is 1. The van der Waals surface area contributed by atoms with Crippen LogP contribution >= 0.6 is 0 Å². The van der Waals surface area contributed by atoms with Gasteiger partial charge in [0.2, 0.25) is 10.0 Å². The topological polar surface area (TPSA) is 63.4 Å². The third-order valence-electron chi connectivity index (χ3n) is 3.39. The monoisotopic (exact) mass is 284 g/mol. The Hall–Kier alpha value is -1.40. The molecule has 1 aromatic carbocycles. The highest BCUT2D eigenvalue weighted by Gasteiger charge is 2.26. The van der Waals surface area contributed by atoms with Crippen LogP contribution in [-0.2, 0) is 10.0 Å². The second kappa shape index (κ2) is 4.94. The molecule has 6 heteroatoms. The van der Waals surface area contributed by atoms with Crippen molar-refractivity contribution in [1.82, 2.24) is 4.31 Å². The average Bonchev–Trinajstić information content (AvgIpc) is 2.35. The molecule has 4 nitrogen and oxygen atoms in total. The van der Waals surface area contributed by atoms with Crippen molar-refractivity contribution < 1.29 is 12.8 Å². The van der Waals surface area contributed by atoms with Gasteiger partial charge in [-0.3, -0.25) is 0 Å². The number of nitrogens with two attached hydrogens (primary N) is 1. The summed E-state index contributed by atoms with van der Waals surface area (Å²) in [5.74, 6) is -0.595. The molecule has 2 N–H and O–H groups in total. The Balaban J connectivity index is 2.40. The zero-order valence-electron chi connectivity index (χ0n) is 11.0. The molecule has 0 fully saturated rings. The lowest BCUT2D eigenvalue weighted by Crippen LogP contribution is -2.34. The second-order valence-electron chi connectivity index (χ2n) is 4.78. The normalized spacial score (nSPS) is 17.3. The summed E-state index contributed by atoms with van der Waals surface area (Å²) in [6, 6.07) is 2.35. The molecule has 0 atom stereocenters. The lowest BCUT2D eigenvalue weighted by atomic mass is 10.1. The number of hydrogen-bond acceptors (Lipinski definition) is 3. The molecular formula is C13H17FN2O2S. The molecule has 0 aromatic heterocycles. The molecule has 2 rings (SSSR count). The van der Waals surface area contributed by atoms with Gasteiger partial charge in [0.1, 0.15) is 5.82 Å². The van der Waals surface area contributed by atoms with Gasteiger partial charge in [0.25, 0.3) is 0 Å². The molecule has 19 heavy (non-hydrogen) atoms. The summed E-state index contributed by atoms with van der Waals surface area (Å²) in [5, 5.41) is 0. The summed E-state index contributed by atoms with van der Waals surface area (Å²) in [6.45, 7) is 4.23. The van der Waals surface area contributed by atoms with E-state index in [2.05, 4.69) is 0 Å². The number of nitrogen functional groups attached to an aromatic ring is 1. The van der Waals surface area contributed by atoms with Crippen LogP contribution in [0.3, 0.4) is 0 Å². The Morgan fingerprint density at radius 1 is 1.32 bits per heavy atom. The van der Waals surface area contributed by atoms with Crippen molar-refractivity contribution in [3.63, 3.8) is 0 Å². The average molecular weight is 284 g/mol. The van der Waals surface area contributed by atoms with E-state index in [0.29, 0.717) is 19.5 Å². The quantitative estimate of drug-likeness (QED) is 0.668. The molecule has 1 heterocycles. The van der Waals surface area contributed by atoms with Crippen LogP contribution in [-0.4, -0.2) is 25.8 Å². The van der Waals surface area contributed by atoms with Gasteiger partial charge in [-0.05, 0) is 32.4 Å². The standard InChI is InChI=1S/C13H17FN2O2S/c1-9-3-5-16(6-4-9)19(17,18)11-7-12(14)10(2)13(15)8-11/h3,7-8H,4-6,15H2,1-2H3. The van der Waals surface area contributed by atoms with E-state index >= 15 is 0 Å². The van der Waals surface area contributed by atoms with E-state index in [0.717, 1.165) is 6.07 Å². The van der Waals surface area contributed by atoms with Crippen LogP contribution in [0.4, 0.5) is 10.1 Å². The maximum absolute atomic E-state index is 13.6. The molecule has 0 bridgehead atoms. The van der Waals surface area contributed by atoms with Gasteiger partial charge < -0.3 is 5.73 Å². The van der Waals surface area contributed by atoms with Gasteiger partial charge in [0.05, 0.1) is 4.90 Å². The van der Waals surface area contributed by atoms with E-state index in [1.54, 1.807) is 0 Å². The third-order valence-corrected chi connectivity index (χ3v) is 5.24. The van der Waals surface area contributed by atoms with Crippen LogP contribution < -0.4 is 5.73 Å². The van der Waals surface area contributed by atoms with Gasteiger partial charge in [0, 0.05) is 24.3 Å². The van der Waals surface area contributed by atoms with Gasteiger partial charge in [0.15, 0.2) is 0 Å². The summed E-state index contributed by atoms with van der Waals surface area (Å²) < 4.78 is 39.7. The first-order chi connectivity index (χ1) is 8.82. The Kier molecular flexibility index (Phi) is 3.64. The van der Waals surface area contributed by atoms with E-state index in [1.807, 2.05) is 13.0 Å². The smallest absolute Gasteiger partial charge is 0.243 e. The molecule has 0 saturated heterocycles. The van der Waals surface area contributed by atoms with Crippen molar-refractivity contribution in [1.29, 1.82) is 0 Å². The van der Waals surface area contributed by atoms with E-state index in [-0.39, 0.29) is 16.1 Å². The molecule has 0 amide bonds. The van der Waals surface area contributed by atoms with Gasteiger partial charge in [-0.2, -0.15) is 4.31 Å². The van der Waals surface area contributed by atoms with Gasteiger partial charge in [-0.15, -0.1) is 0 Å². The molecule has 1 aliphatic rings. The fraction of sp³-hybridized carbons (Fsp3) is 0.385. The Morgan fingerprint density at radius 2 is 2.00 bits per heavy atom. The van der Waals surface area contributed by atoms with Crippen molar-refractivity contribution in [3.8, 4) is 0 Å². The summed E-state index contributed by atoms with van der Waals surface area (Å²) >= 11 is 0. The van der Waals surface area contributed by atoms with Gasteiger partial charge in [-0.1, -0.05) is 11.6 Å². The Labute approximate surface area is 112 Å². The van der Waals surface area contributed by atoms with Crippen molar-refractivity contribution in [2.75, 3.05) is 18.8 Å². The molecule has 0 saturated carbocycles. The van der Waals surface area contributed by atoms with Crippen molar-refractivity contribution in [2.45, 2.75) is 25.2 Å². The highest BCUT2D eigenvalue weighted by molar-refractivity contribution is 7.89. The molecule has 104 valence electrons. The predicted octanol–water partition coefficient (Wildman–Crippen LogP) is 2.06. The van der Waals surface area contributed by atoms with Crippen LogP contribution in [0.1, 0.15) is 18.9 Å². The Morgan fingerprint density at radius 3 is 2.53 bits per heavy atom. The minimum Gasteiger partial charge on any atom is -0.398 e. The summed E-state index contributed by atoms with van der Waals surface area (Å²) in [5.41, 5.74) is 7.23. The predicted molar refractivity (Wildman–Crippen MR) is 72.7 cm³/mol. The number of anilines is 1. The minimum atomic E-state index is -3.68. The fourth-order valence-electron chi connectivity index (χ4n) is 1.94. The van der Waals surface area contributed by atoms with Crippen LogP contribution in [0.5, 0.6) is 0 Å². The summed E-state index contributed by atoms with van der Waals surface area (Å²) in [6.07, 6.45) is 2.57. The van der Waals surface area contributed by atoms with Gasteiger partial charge in [-0.25, -0.2) is 12.8 Å². The molecule has 1 aliphatic heterocycles. The molecular weight excluding hydrogens is 267 g/mol. The number of benzene rings is 1. The molecule has 0 radical (unpaired) electrons. The molecule has 0 spiro atoms. The maximum atomic E-state index is 13.6. The molecule has 0 unspecified atom stereocenters. The van der Waals surface area contributed by atoms with E-state index in [9.17, 15) is 12.8 Å². The third kappa shape index (κ3) is 2.64. The number of rotatable bonds is 2. The maximum Gasteiger partial charge on any atom is 0.243 e. The molecule has 1 aromatic rings. The lowest BCUT2D eigenvalue weighted by Gasteiger charge is -2.25. The van der Waals surface area contributed by atoms with E-state index < -0.39 is 15.8 Å². The number of hydrogen-bond donors (Lipinski definition) is 1. The van der Waals surface area contributed by atoms with Crippen LogP contribution in [0, 0.1) is 12.7 Å². The first-order valence-corrected chi connectivity index (χ1v) is 7.48. The van der Waals surface area contributed by atoms with Gasteiger partial charge >= 0.3 is 0 Å². The SMILES string of the molecule is CC1=CCN(S(=O)(=O)c2cc(N)c(C)c(F)c2)CC1. The first-order valence-electron chi connectivity index (χ1n) is 6.04. The van der Waals surface area contributed by atoms with Crippen LogP contribution in [0.25, 0.3) is 0 Å². The van der Waals surface area contributed by atoms with Crippen molar-refractivity contribution >= 4 is 15.7 Å². The zero-order valence-corrected chi connectivity index (χ0v) is 11.8. The van der Waals surface area contributed by atoms with Crippen LogP contribution in [0.2, 0.25) is 0 Å². The van der Waals surface area contributed by atoms with Crippen molar-refractivity contribution in [3.05, 3.63) is 35.2 Å². The summed E-state index contributed by atoms with van der Waals surface area (Å²) in [7, 11) is -3.68. The largest absolute Gasteiger partial charge is 0.398 e. The second-order valence-corrected chi connectivity index (χ2v) is 6.72. The minimum absolute atomic E-state index is 0.0824. The fourth-order valence-corrected chi connectivity index (χ4v) is 3.37. The summed E-state index contributed by atoms with van der Waals surface area (Å²) in [4.78, 5) is -0.0824. The Bertz CT molecular complexity index is 615. The van der Waals surface area contributed by atoms with Crippen LogP contribution in [0.15, 0.2) is 28.7 Å². The van der Waals surface area contributed by atoms with Crippen molar-refractivity contribution in [2.24, 2.45) is 0 Å². The lowest BCUT2D eigenvalue weighted by molar-refractivity contribution is 0.431.